The summed E-state index contributed by atoms with van der Waals surface area (Å²) in [6, 6.07) is 6.85. The number of thiophene rings is 1. The molecule has 6 nitrogen and oxygen atoms in total. The Kier molecular flexibility index (Phi) is 5.65. The van der Waals surface area contributed by atoms with Gasteiger partial charge in [-0.2, -0.15) is 5.10 Å². The first-order chi connectivity index (χ1) is 13.9. The van der Waals surface area contributed by atoms with E-state index in [1.165, 1.54) is 15.8 Å². The van der Waals surface area contributed by atoms with Crippen molar-refractivity contribution in [3.05, 3.63) is 61.4 Å². The Balaban J connectivity index is 1.55. The second-order valence-corrected chi connectivity index (χ2v) is 9.45. The van der Waals surface area contributed by atoms with Gasteiger partial charge in [0.15, 0.2) is 0 Å². The van der Waals surface area contributed by atoms with E-state index < -0.39 is 6.04 Å². The number of amides is 1. The number of rotatable bonds is 4. The van der Waals surface area contributed by atoms with Gasteiger partial charge in [-0.15, -0.1) is 11.3 Å². The van der Waals surface area contributed by atoms with Crippen LogP contribution >= 0.6 is 27.3 Å². The van der Waals surface area contributed by atoms with Crippen LogP contribution in [0.25, 0.3) is 10.2 Å². The van der Waals surface area contributed by atoms with E-state index in [2.05, 4.69) is 38.4 Å². The number of hydrogen-bond acceptors (Lipinski definition) is 5. The monoisotopic (exact) mass is 472 g/mol. The molecule has 0 aliphatic heterocycles. The van der Waals surface area contributed by atoms with Crippen LogP contribution in [-0.4, -0.2) is 21.7 Å². The molecule has 1 aromatic carbocycles. The second-order valence-electron chi connectivity index (χ2n) is 7.45. The molecular weight excluding hydrogens is 452 g/mol. The maximum absolute atomic E-state index is 13.1. The highest BCUT2D eigenvalue weighted by Gasteiger charge is 2.25. The van der Waals surface area contributed by atoms with Gasteiger partial charge in [0.2, 0.25) is 0 Å². The van der Waals surface area contributed by atoms with Crippen molar-refractivity contribution >= 4 is 49.6 Å². The van der Waals surface area contributed by atoms with E-state index in [1.54, 1.807) is 24.5 Å². The molecule has 1 aliphatic rings. The van der Waals surface area contributed by atoms with Crippen LogP contribution in [0.4, 0.5) is 0 Å². The number of aryl methyl sites for hydroxylation is 1. The van der Waals surface area contributed by atoms with E-state index in [9.17, 15) is 9.59 Å². The summed E-state index contributed by atoms with van der Waals surface area (Å²) in [5.41, 5.74) is 4.35. The van der Waals surface area contributed by atoms with Crippen molar-refractivity contribution in [2.75, 3.05) is 0 Å². The topological polar surface area (TPSA) is 76.3 Å². The molecule has 3 aromatic rings. The minimum Gasteiger partial charge on any atom is -0.286 e. The smallest absolute Gasteiger partial charge is 0.263 e. The van der Waals surface area contributed by atoms with Crippen molar-refractivity contribution in [3.63, 3.8) is 0 Å². The minimum atomic E-state index is -0.709. The fraction of sp³-hybridized carbons (Fsp3) is 0.333. The highest BCUT2D eigenvalue weighted by molar-refractivity contribution is 9.10. The Hall–Kier alpha value is -2.32. The molecule has 8 heteroatoms. The Morgan fingerprint density at radius 1 is 1.41 bits per heavy atom. The lowest BCUT2D eigenvalue weighted by Crippen LogP contribution is -2.34. The van der Waals surface area contributed by atoms with Gasteiger partial charge in [-0.3, -0.25) is 14.2 Å². The maximum atomic E-state index is 13.1. The number of hydrogen-bond donors (Lipinski definition) is 1. The molecule has 0 saturated heterocycles. The van der Waals surface area contributed by atoms with Gasteiger partial charge < -0.3 is 0 Å². The Bertz CT molecular complexity index is 1150. The summed E-state index contributed by atoms with van der Waals surface area (Å²) in [5, 5.41) is 4.68. The predicted octanol–water partition coefficient (Wildman–Crippen LogP) is 4.06. The number of nitrogens with one attached hydrogen (secondary N) is 1. The third-order valence-electron chi connectivity index (χ3n) is 5.30. The van der Waals surface area contributed by atoms with Crippen molar-refractivity contribution < 1.29 is 4.79 Å². The number of halogens is 1. The predicted molar refractivity (Wildman–Crippen MR) is 120 cm³/mol. The molecule has 2 atom stereocenters. The van der Waals surface area contributed by atoms with Crippen LogP contribution in [0, 0.1) is 5.92 Å². The third kappa shape index (κ3) is 4.04. The van der Waals surface area contributed by atoms with E-state index in [4.69, 9.17) is 0 Å². The highest BCUT2D eigenvalue weighted by atomic mass is 79.9. The lowest BCUT2D eigenvalue weighted by atomic mass is 9.89. The lowest BCUT2D eigenvalue weighted by molar-refractivity contribution is -0.123. The van der Waals surface area contributed by atoms with E-state index in [0.29, 0.717) is 11.3 Å². The molecule has 2 aromatic heterocycles. The normalized spacial score (nSPS) is 17.4. The highest BCUT2D eigenvalue weighted by Crippen LogP contribution is 2.35. The number of hydrazone groups is 1. The number of aromatic nitrogens is 2. The minimum absolute atomic E-state index is 0.151. The fourth-order valence-electron chi connectivity index (χ4n) is 3.56. The number of benzene rings is 1. The first-order valence-electron chi connectivity index (χ1n) is 9.54. The molecule has 0 unspecified atom stereocenters. The molecule has 0 bridgehead atoms. The van der Waals surface area contributed by atoms with Crippen LogP contribution in [0.1, 0.15) is 42.3 Å². The average molecular weight is 473 g/mol. The van der Waals surface area contributed by atoms with Gasteiger partial charge in [0, 0.05) is 9.35 Å². The van der Waals surface area contributed by atoms with Crippen molar-refractivity contribution in [1.82, 2.24) is 15.0 Å². The number of fused-ring (bicyclic) bond motifs is 3. The standard InChI is InChI=1S/C21H21BrN4O2S/c1-12-3-8-16-17(9-12)29-20-18(16)21(28)26(11-23-20)13(2)19(27)25-24-10-14-4-6-15(22)7-5-14/h4-7,10-13H,3,8-9H2,1-2H3,(H,25,27)/b24-10+/t12-,13+/m1/s1. The fourth-order valence-corrected chi connectivity index (χ4v) is 5.16. The molecule has 0 fully saturated rings. The maximum Gasteiger partial charge on any atom is 0.263 e. The zero-order valence-electron chi connectivity index (χ0n) is 16.2. The van der Waals surface area contributed by atoms with Crippen LogP contribution < -0.4 is 11.0 Å². The summed E-state index contributed by atoms with van der Waals surface area (Å²) in [6.07, 6.45) is 6.01. The van der Waals surface area contributed by atoms with E-state index in [0.717, 1.165) is 39.7 Å². The van der Waals surface area contributed by atoms with Crippen molar-refractivity contribution in [1.29, 1.82) is 0 Å². The van der Waals surface area contributed by atoms with Crippen LogP contribution in [0.15, 0.2) is 45.0 Å². The quantitative estimate of drug-likeness (QED) is 0.459. The van der Waals surface area contributed by atoms with Gasteiger partial charge in [-0.25, -0.2) is 10.4 Å². The molecule has 4 rings (SSSR count). The Labute approximate surface area is 180 Å². The van der Waals surface area contributed by atoms with E-state index in [1.807, 2.05) is 24.3 Å². The van der Waals surface area contributed by atoms with Gasteiger partial charge in [0.25, 0.3) is 11.5 Å². The molecule has 0 saturated carbocycles. The van der Waals surface area contributed by atoms with Gasteiger partial charge in [0.1, 0.15) is 10.9 Å². The summed E-state index contributed by atoms with van der Waals surface area (Å²) in [5.74, 6) is 0.269. The van der Waals surface area contributed by atoms with Crippen LogP contribution in [0.2, 0.25) is 0 Å². The molecule has 2 heterocycles. The zero-order chi connectivity index (χ0) is 20.5. The Morgan fingerprint density at radius 3 is 2.93 bits per heavy atom. The van der Waals surface area contributed by atoms with Gasteiger partial charge in [0.05, 0.1) is 17.9 Å². The molecule has 1 amide bonds. The van der Waals surface area contributed by atoms with Crippen LogP contribution in [-0.2, 0) is 17.6 Å². The van der Waals surface area contributed by atoms with Crippen LogP contribution in [0.5, 0.6) is 0 Å². The molecule has 29 heavy (non-hydrogen) atoms. The van der Waals surface area contributed by atoms with Crippen molar-refractivity contribution in [2.45, 2.75) is 39.2 Å². The average Bonchev–Trinajstić information content (AvgIpc) is 3.07. The lowest BCUT2D eigenvalue weighted by Gasteiger charge is -2.18. The molecule has 0 spiro atoms. The SMILES string of the molecule is C[C@@H]1CCc2c(sc3ncn([C@@H](C)C(=O)N/N=C/c4ccc(Br)cc4)c(=O)c23)C1. The summed E-state index contributed by atoms with van der Waals surface area (Å²) < 4.78 is 2.37. The van der Waals surface area contributed by atoms with Crippen molar-refractivity contribution in [3.8, 4) is 0 Å². The van der Waals surface area contributed by atoms with E-state index in [-0.39, 0.29) is 11.5 Å². The number of nitrogens with zero attached hydrogens (tertiary/aromatic N) is 3. The summed E-state index contributed by atoms with van der Waals surface area (Å²) in [6.45, 7) is 3.92. The third-order valence-corrected chi connectivity index (χ3v) is 6.99. The first kappa shape index (κ1) is 20.0. The zero-order valence-corrected chi connectivity index (χ0v) is 18.6. The summed E-state index contributed by atoms with van der Waals surface area (Å²) in [7, 11) is 0. The molecular formula is C21H21BrN4O2S. The largest absolute Gasteiger partial charge is 0.286 e. The molecule has 1 aliphatic carbocycles. The second kappa shape index (κ2) is 8.20. The molecule has 150 valence electrons. The Morgan fingerprint density at radius 2 is 2.17 bits per heavy atom. The molecule has 1 N–H and O–H groups in total. The number of carbonyl (C=O) groups excluding carboxylic acids is 1. The van der Waals surface area contributed by atoms with Gasteiger partial charge in [-0.05, 0) is 55.4 Å². The summed E-state index contributed by atoms with van der Waals surface area (Å²) in [4.78, 5) is 32.2. The number of carbonyl (C=O) groups is 1. The summed E-state index contributed by atoms with van der Waals surface area (Å²) >= 11 is 4.98. The van der Waals surface area contributed by atoms with Gasteiger partial charge in [-0.1, -0.05) is 35.0 Å². The first-order valence-corrected chi connectivity index (χ1v) is 11.1. The van der Waals surface area contributed by atoms with E-state index >= 15 is 0 Å². The van der Waals surface area contributed by atoms with Crippen molar-refractivity contribution in [2.24, 2.45) is 11.0 Å². The van der Waals surface area contributed by atoms with Gasteiger partial charge >= 0.3 is 0 Å². The van der Waals surface area contributed by atoms with Crippen LogP contribution in [0.3, 0.4) is 0 Å². The molecule has 0 radical (unpaired) electrons.